The van der Waals surface area contributed by atoms with Gasteiger partial charge in [-0.3, -0.25) is 9.59 Å². The van der Waals surface area contributed by atoms with Crippen molar-refractivity contribution in [1.82, 2.24) is 10.6 Å². The molecule has 1 unspecified atom stereocenters. The molecule has 24 heavy (non-hydrogen) atoms. The van der Waals surface area contributed by atoms with Gasteiger partial charge in [-0.1, -0.05) is 26.8 Å². The van der Waals surface area contributed by atoms with Gasteiger partial charge in [-0.05, 0) is 13.0 Å². The van der Waals surface area contributed by atoms with Crippen molar-refractivity contribution in [2.75, 3.05) is 13.1 Å². The van der Waals surface area contributed by atoms with Crippen LogP contribution in [0.25, 0.3) is 0 Å². The van der Waals surface area contributed by atoms with E-state index in [4.69, 9.17) is 0 Å². The zero-order valence-corrected chi connectivity index (χ0v) is 14.4. The number of carbonyl (C=O) groups is 2. The minimum Gasteiger partial charge on any atom is -0.383 e. The molecule has 0 aliphatic rings. The van der Waals surface area contributed by atoms with Crippen LogP contribution in [0.2, 0.25) is 0 Å². The third-order valence-electron chi connectivity index (χ3n) is 3.46. The number of hydrogen-bond acceptors (Lipinski definition) is 3. The van der Waals surface area contributed by atoms with Crippen LogP contribution >= 0.6 is 0 Å². The lowest BCUT2D eigenvalue weighted by atomic mass is 9.95. The molecule has 1 aromatic rings. The van der Waals surface area contributed by atoms with E-state index < -0.39 is 28.6 Å². The van der Waals surface area contributed by atoms with Gasteiger partial charge in [0, 0.05) is 30.0 Å². The van der Waals surface area contributed by atoms with Crippen LogP contribution in [0.5, 0.6) is 0 Å². The topological polar surface area (TPSA) is 78.4 Å². The maximum absolute atomic E-state index is 13.7. The molecule has 1 aromatic carbocycles. The molecular formula is C17H24F2N2O3. The number of benzene rings is 1. The predicted molar refractivity (Wildman–Crippen MR) is 86.0 cm³/mol. The second kappa shape index (κ2) is 7.70. The van der Waals surface area contributed by atoms with E-state index >= 15 is 0 Å². The van der Waals surface area contributed by atoms with Crippen LogP contribution in [-0.4, -0.2) is 30.0 Å². The molecule has 0 radical (unpaired) electrons. The Morgan fingerprint density at radius 3 is 2.29 bits per heavy atom. The molecule has 0 fully saturated rings. The first-order valence-corrected chi connectivity index (χ1v) is 7.66. The summed E-state index contributed by atoms with van der Waals surface area (Å²) in [6, 6.07) is 2.85. The van der Waals surface area contributed by atoms with Crippen molar-refractivity contribution in [2.24, 2.45) is 5.41 Å². The Morgan fingerprint density at radius 1 is 1.12 bits per heavy atom. The maximum Gasteiger partial charge on any atom is 0.225 e. The number of rotatable bonds is 6. The minimum atomic E-state index is -1.68. The molecule has 2 amide bonds. The Bertz CT molecular complexity index is 610. The van der Waals surface area contributed by atoms with E-state index in [9.17, 15) is 23.5 Å². The maximum atomic E-state index is 13.7. The highest BCUT2D eigenvalue weighted by Crippen LogP contribution is 2.23. The van der Waals surface area contributed by atoms with E-state index in [0.717, 1.165) is 12.1 Å². The SMILES string of the molecule is CC(C)(C)C(=O)NCCC(=O)NCC(C)(O)c1ccc(F)cc1F. The predicted octanol–water partition coefficient (Wildman–Crippen LogP) is 1.84. The van der Waals surface area contributed by atoms with Crippen molar-refractivity contribution in [3.63, 3.8) is 0 Å². The van der Waals surface area contributed by atoms with E-state index in [-0.39, 0.29) is 31.0 Å². The van der Waals surface area contributed by atoms with E-state index in [0.29, 0.717) is 6.07 Å². The lowest BCUT2D eigenvalue weighted by Gasteiger charge is -2.25. The molecule has 134 valence electrons. The number of hydrogen-bond donors (Lipinski definition) is 3. The van der Waals surface area contributed by atoms with Crippen LogP contribution < -0.4 is 10.6 Å². The molecule has 0 aliphatic heterocycles. The molecule has 0 heterocycles. The molecule has 7 heteroatoms. The van der Waals surface area contributed by atoms with Gasteiger partial charge in [0.2, 0.25) is 11.8 Å². The standard InChI is InChI=1S/C17H24F2N2O3/c1-16(2,3)15(23)20-8-7-14(22)21-10-17(4,24)12-6-5-11(18)9-13(12)19/h5-6,9,24H,7-8,10H2,1-4H3,(H,20,23)(H,21,22). The molecule has 0 saturated carbocycles. The first-order chi connectivity index (χ1) is 10.9. The first kappa shape index (κ1) is 20.0. The van der Waals surface area contributed by atoms with Crippen LogP contribution in [0.1, 0.15) is 39.7 Å². The van der Waals surface area contributed by atoms with Gasteiger partial charge in [-0.15, -0.1) is 0 Å². The Labute approximate surface area is 140 Å². The van der Waals surface area contributed by atoms with Crippen molar-refractivity contribution >= 4 is 11.8 Å². The highest BCUT2D eigenvalue weighted by atomic mass is 19.1. The van der Waals surface area contributed by atoms with Crippen molar-refractivity contribution in [3.05, 3.63) is 35.4 Å². The van der Waals surface area contributed by atoms with Crippen LogP contribution in [0.4, 0.5) is 8.78 Å². The fourth-order valence-electron chi connectivity index (χ4n) is 1.94. The van der Waals surface area contributed by atoms with E-state index in [1.165, 1.54) is 6.92 Å². The van der Waals surface area contributed by atoms with Crippen LogP contribution in [0.3, 0.4) is 0 Å². The molecule has 0 aliphatic carbocycles. The monoisotopic (exact) mass is 342 g/mol. The molecule has 1 atom stereocenters. The smallest absolute Gasteiger partial charge is 0.225 e. The number of carbonyl (C=O) groups excluding carboxylic acids is 2. The summed E-state index contributed by atoms with van der Waals surface area (Å²) < 4.78 is 26.6. The van der Waals surface area contributed by atoms with Gasteiger partial charge >= 0.3 is 0 Å². The number of amides is 2. The Balaban J connectivity index is 2.49. The molecule has 0 spiro atoms. The summed E-state index contributed by atoms with van der Waals surface area (Å²) in [4.78, 5) is 23.4. The zero-order chi connectivity index (χ0) is 18.5. The third kappa shape index (κ3) is 5.88. The van der Waals surface area contributed by atoms with Crippen molar-refractivity contribution in [3.8, 4) is 0 Å². The van der Waals surface area contributed by atoms with Gasteiger partial charge in [0.1, 0.15) is 17.2 Å². The summed E-state index contributed by atoms with van der Waals surface area (Å²) in [5.41, 5.74) is -2.33. The van der Waals surface area contributed by atoms with Gasteiger partial charge in [0.15, 0.2) is 0 Å². The zero-order valence-electron chi connectivity index (χ0n) is 14.4. The Morgan fingerprint density at radius 2 is 1.75 bits per heavy atom. The average molecular weight is 342 g/mol. The third-order valence-corrected chi connectivity index (χ3v) is 3.46. The quantitative estimate of drug-likeness (QED) is 0.738. The summed E-state index contributed by atoms with van der Waals surface area (Å²) in [6.45, 7) is 6.53. The summed E-state index contributed by atoms with van der Waals surface area (Å²) in [5.74, 6) is -2.19. The highest BCUT2D eigenvalue weighted by molar-refractivity contribution is 5.82. The normalized spacial score (nSPS) is 14.0. The fraction of sp³-hybridized carbons (Fsp3) is 0.529. The minimum absolute atomic E-state index is 0.0315. The molecular weight excluding hydrogens is 318 g/mol. The molecule has 0 saturated heterocycles. The molecule has 0 aromatic heterocycles. The van der Waals surface area contributed by atoms with Gasteiger partial charge in [-0.2, -0.15) is 0 Å². The highest BCUT2D eigenvalue weighted by Gasteiger charge is 2.27. The summed E-state index contributed by atoms with van der Waals surface area (Å²) in [7, 11) is 0. The lowest BCUT2D eigenvalue weighted by molar-refractivity contribution is -0.128. The van der Waals surface area contributed by atoms with Crippen LogP contribution in [0, 0.1) is 17.0 Å². The van der Waals surface area contributed by atoms with Crippen molar-refractivity contribution in [2.45, 2.75) is 39.7 Å². The summed E-state index contributed by atoms with van der Waals surface area (Å²) in [6.07, 6.45) is 0.0315. The largest absolute Gasteiger partial charge is 0.383 e. The molecule has 1 rings (SSSR count). The van der Waals surface area contributed by atoms with E-state index in [1.807, 2.05) is 0 Å². The van der Waals surface area contributed by atoms with Crippen molar-refractivity contribution in [1.29, 1.82) is 0 Å². The second-order valence-corrected chi connectivity index (χ2v) is 6.93. The van der Waals surface area contributed by atoms with Gasteiger partial charge < -0.3 is 15.7 Å². The molecule has 0 bridgehead atoms. The molecule has 3 N–H and O–H groups in total. The summed E-state index contributed by atoms with van der Waals surface area (Å²) in [5, 5.41) is 15.4. The van der Waals surface area contributed by atoms with Gasteiger partial charge in [0.05, 0.1) is 6.54 Å². The van der Waals surface area contributed by atoms with Crippen molar-refractivity contribution < 1.29 is 23.5 Å². The van der Waals surface area contributed by atoms with Gasteiger partial charge in [-0.25, -0.2) is 8.78 Å². The Hall–Kier alpha value is -2.02. The average Bonchev–Trinajstić information content (AvgIpc) is 2.43. The summed E-state index contributed by atoms with van der Waals surface area (Å²) >= 11 is 0. The number of aliphatic hydroxyl groups is 1. The first-order valence-electron chi connectivity index (χ1n) is 7.66. The number of nitrogens with one attached hydrogen (secondary N) is 2. The fourth-order valence-corrected chi connectivity index (χ4v) is 1.94. The Kier molecular flexibility index (Phi) is 6.42. The van der Waals surface area contributed by atoms with Crippen LogP contribution in [0.15, 0.2) is 18.2 Å². The van der Waals surface area contributed by atoms with Crippen LogP contribution in [-0.2, 0) is 15.2 Å². The van der Waals surface area contributed by atoms with E-state index in [1.54, 1.807) is 20.8 Å². The molecule has 5 nitrogen and oxygen atoms in total. The van der Waals surface area contributed by atoms with E-state index in [2.05, 4.69) is 10.6 Å². The second-order valence-electron chi connectivity index (χ2n) is 6.93. The van der Waals surface area contributed by atoms with Gasteiger partial charge in [0.25, 0.3) is 0 Å². The lowest BCUT2D eigenvalue weighted by Crippen LogP contribution is -2.41. The number of halogens is 2.